The van der Waals surface area contributed by atoms with Gasteiger partial charge in [-0.2, -0.15) is 17.9 Å². The monoisotopic (exact) mass is 346 g/mol. The maximum atomic E-state index is 12.1. The number of rotatable bonds is 10. The largest absolute Gasteiger partial charge is 0.480 e. The third-order valence-corrected chi connectivity index (χ3v) is 3.08. The number of carbonyl (C=O) groups is 4. The first kappa shape index (κ1) is 20.7. The van der Waals surface area contributed by atoms with E-state index in [0.29, 0.717) is 0 Å². The van der Waals surface area contributed by atoms with Crippen molar-refractivity contribution in [1.29, 1.82) is 5.26 Å². The van der Waals surface area contributed by atoms with Gasteiger partial charge in [0.15, 0.2) is 0 Å². The molecule has 0 saturated carbocycles. The van der Waals surface area contributed by atoms with E-state index in [9.17, 15) is 19.2 Å². The Morgan fingerprint density at radius 3 is 2.35 bits per heavy atom. The van der Waals surface area contributed by atoms with Gasteiger partial charge in [0.25, 0.3) is 0 Å². The van der Waals surface area contributed by atoms with Crippen molar-refractivity contribution >= 4 is 36.4 Å². The molecule has 0 spiro atoms. The topological polar surface area (TPSA) is 174 Å². The first-order chi connectivity index (χ1) is 10.7. The van der Waals surface area contributed by atoms with Crippen LogP contribution >= 0.6 is 12.6 Å². The molecule has 11 heteroatoms. The minimum absolute atomic E-state index is 0.114. The lowest BCUT2D eigenvalue weighted by molar-refractivity contribution is -0.145. The minimum atomic E-state index is -1.30. The van der Waals surface area contributed by atoms with Gasteiger partial charge in [0, 0.05) is 12.2 Å². The van der Waals surface area contributed by atoms with Gasteiger partial charge in [-0.05, 0) is 6.42 Å². The number of hydrogen-bond acceptors (Lipinski definition) is 7. The second-order valence-corrected chi connectivity index (χ2v) is 4.90. The van der Waals surface area contributed by atoms with E-state index in [0.717, 1.165) is 4.90 Å². The van der Waals surface area contributed by atoms with Gasteiger partial charge in [0.2, 0.25) is 11.8 Å². The first-order valence-corrected chi connectivity index (χ1v) is 7.12. The second kappa shape index (κ2) is 10.4. The number of carbonyl (C=O) groups excluding carboxylic acids is 2. The van der Waals surface area contributed by atoms with Gasteiger partial charge in [0.05, 0.1) is 6.07 Å². The number of aliphatic carboxylic acids is 2. The average Bonchev–Trinajstić information content (AvgIpc) is 2.48. The lowest BCUT2D eigenvalue weighted by atomic mass is 10.1. The van der Waals surface area contributed by atoms with Crippen molar-refractivity contribution in [1.82, 2.24) is 10.2 Å². The van der Waals surface area contributed by atoms with Crippen LogP contribution in [0.1, 0.15) is 12.8 Å². The maximum Gasteiger partial charge on any atom is 0.323 e. The molecule has 0 saturated heterocycles. The highest BCUT2D eigenvalue weighted by Gasteiger charge is 2.26. The molecule has 128 valence electrons. The van der Waals surface area contributed by atoms with Gasteiger partial charge in [-0.25, -0.2) is 0 Å². The van der Waals surface area contributed by atoms with Crippen LogP contribution in [0, 0.1) is 11.3 Å². The fourth-order valence-corrected chi connectivity index (χ4v) is 1.79. The number of nitrogens with one attached hydrogen (secondary N) is 1. The van der Waals surface area contributed by atoms with Crippen molar-refractivity contribution < 1.29 is 29.4 Å². The lowest BCUT2D eigenvalue weighted by Crippen LogP contribution is -2.51. The Kier molecular flexibility index (Phi) is 9.36. The van der Waals surface area contributed by atoms with Crippen LogP contribution in [0.3, 0.4) is 0 Å². The Bertz CT molecular complexity index is 506. The van der Waals surface area contributed by atoms with Gasteiger partial charge in [0.1, 0.15) is 25.2 Å². The zero-order valence-corrected chi connectivity index (χ0v) is 13.0. The van der Waals surface area contributed by atoms with Gasteiger partial charge < -0.3 is 26.2 Å². The van der Waals surface area contributed by atoms with Gasteiger partial charge in [-0.3, -0.25) is 19.2 Å². The van der Waals surface area contributed by atoms with E-state index in [2.05, 4.69) is 17.9 Å². The SMILES string of the molecule is N#CCN(CC(=O)O)C(=O)C(CS)NC(=O)CCC(N)C(=O)O. The average molecular weight is 346 g/mol. The summed E-state index contributed by atoms with van der Waals surface area (Å²) in [6, 6.07) is -0.665. The smallest absolute Gasteiger partial charge is 0.323 e. The van der Waals surface area contributed by atoms with E-state index in [4.69, 9.17) is 21.2 Å². The fourth-order valence-electron chi connectivity index (χ4n) is 1.54. The zero-order valence-electron chi connectivity index (χ0n) is 12.1. The van der Waals surface area contributed by atoms with Crippen LogP contribution in [0.25, 0.3) is 0 Å². The van der Waals surface area contributed by atoms with Crippen molar-refractivity contribution in [3.63, 3.8) is 0 Å². The Morgan fingerprint density at radius 1 is 1.30 bits per heavy atom. The number of amides is 2. The molecular weight excluding hydrogens is 328 g/mol. The van der Waals surface area contributed by atoms with Crippen LogP contribution in [-0.4, -0.2) is 69.8 Å². The van der Waals surface area contributed by atoms with E-state index in [1.807, 2.05) is 0 Å². The number of thiol groups is 1. The summed E-state index contributed by atoms with van der Waals surface area (Å²) in [5.41, 5.74) is 5.26. The van der Waals surface area contributed by atoms with Gasteiger partial charge in [-0.1, -0.05) is 0 Å². The Hall–Kier alpha value is -2.32. The molecule has 5 N–H and O–H groups in total. The van der Waals surface area contributed by atoms with Crippen LogP contribution in [0.15, 0.2) is 0 Å². The molecule has 0 aromatic rings. The number of nitrogens with zero attached hydrogens (tertiary/aromatic N) is 2. The van der Waals surface area contributed by atoms with Crippen LogP contribution in [0.5, 0.6) is 0 Å². The molecule has 0 fully saturated rings. The van der Waals surface area contributed by atoms with E-state index in [-0.39, 0.29) is 18.6 Å². The summed E-state index contributed by atoms with van der Waals surface area (Å²) in [5.74, 6) is -4.05. The number of carboxylic acid groups (broad SMARTS) is 2. The van der Waals surface area contributed by atoms with Crippen LogP contribution in [-0.2, 0) is 19.2 Å². The molecule has 0 rings (SSSR count). The molecule has 10 nitrogen and oxygen atoms in total. The van der Waals surface area contributed by atoms with E-state index in [1.165, 1.54) is 0 Å². The van der Waals surface area contributed by atoms with Crippen LogP contribution in [0.4, 0.5) is 0 Å². The highest BCUT2D eigenvalue weighted by atomic mass is 32.1. The van der Waals surface area contributed by atoms with Gasteiger partial charge >= 0.3 is 11.9 Å². The van der Waals surface area contributed by atoms with Crippen LogP contribution < -0.4 is 11.1 Å². The Balaban J connectivity index is 4.69. The van der Waals surface area contributed by atoms with E-state index in [1.54, 1.807) is 6.07 Å². The highest BCUT2D eigenvalue weighted by Crippen LogP contribution is 2.01. The summed E-state index contributed by atoms with van der Waals surface area (Å²) in [7, 11) is 0. The molecule has 2 atom stereocenters. The predicted octanol–water partition coefficient (Wildman–Crippen LogP) is -1.97. The molecule has 0 aromatic heterocycles. The van der Waals surface area contributed by atoms with Crippen molar-refractivity contribution in [2.75, 3.05) is 18.8 Å². The standard InChI is InChI=1S/C12H18N4O6S/c13-3-4-16(5-10(18)19)11(20)8(6-23)15-9(17)2-1-7(14)12(21)22/h7-8,23H,1-2,4-6,14H2,(H,15,17)(H,18,19)(H,21,22). The lowest BCUT2D eigenvalue weighted by Gasteiger charge is -2.23. The molecule has 0 aliphatic rings. The van der Waals surface area contributed by atoms with Gasteiger partial charge in [-0.15, -0.1) is 0 Å². The number of carboxylic acids is 2. The van der Waals surface area contributed by atoms with Crippen molar-refractivity contribution in [3.8, 4) is 6.07 Å². The summed E-state index contributed by atoms with van der Waals surface area (Å²) in [4.78, 5) is 45.8. The minimum Gasteiger partial charge on any atom is -0.480 e. The third kappa shape index (κ3) is 8.03. The van der Waals surface area contributed by atoms with E-state index < -0.39 is 48.9 Å². The molecule has 2 amide bonds. The fraction of sp³-hybridized carbons (Fsp3) is 0.583. The van der Waals surface area contributed by atoms with Crippen LogP contribution in [0.2, 0.25) is 0 Å². The maximum absolute atomic E-state index is 12.1. The molecule has 0 aliphatic heterocycles. The molecule has 23 heavy (non-hydrogen) atoms. The second-order valence-electron chi connectivity index (χ2n) is 4.53. The summed E-state index contributed by atoms with van der Waals surface area (Å²) in [5, 5.41) is 28.3. The summed E-state index contributed by atoms with van der Waals surface area (Å²) in [6.07, 6.45) is -0.339. The van der Waals surface area contributed by atoms with Crippen molar-refractivity contribution in [2.24, 2.45) is 5.73 Å². The summed E-state index contributed by atoms with van der Waals surface area (Å²) >= 11 is 3.91. The summed E-state index contributed by atoms with van der Waals surface area (Å²) < 4.78 is 0. The van der Waals surface area contributed by atoms with Crippen molar-refractivity contribution in [2.45, 2.75) is 24.9 Å². The number of nitrogens with two attached hydrogens (primary N) is 1. The molecule has 0 radical (unpaired) electrons. The third-order valence-electron chi connectivity index (χ3n) is 2.71. The Labute approximate surface area is 137 Å². The molecule has 0 aliphatic carbocycles. The normalized spacial score (nSPS) is 12.6. The molecule has 0 bridgehead atoms. The van der Waals surface area contributed by atoms with Crippen molar-refractivity contribution in [3.05, 3.63) is 0 Å². The molecular formula is C12H18N4O6S. The number of hydrogen-bond donors (Lipinski definition) is 5. The highest BCUT2D eigenvalue weighted by molar-refractivity contribution is 7.80. The molecule has 0 aromatic carbocycles. The predicted molar refractivity (Wildman–Crippen MR) is 80.5 cm³/mol. The Morgan fingerprint density at radius 2 is 1.91 bits per heavy atom. The molecule has 0 heterocycles. The number of nitriles is 1. The van der Waals surface area contributed by atoms with E-state index >= 15 is 0 Å². The molecule has 2 unspecified atom stereocenters. The first-order valence-electron chi connectivity index (χ1n) is 6.49. The summed E-state index contributed by atoms with van der Waals surface area (Å²) in [6.45, 7) is -1.13. The zero-order chi connectivity index (χ0) is 18.0. The quantitative estimate of drug-likeness (QED) is 0.224.